The number of H-pyrrole nitrogens is 1. The maximum atomic E-state index is 11.1. The van der Waals surface area contributed by atoms with Crippen molar-refractivity contribution in [2.75, 3.05) is 5.75 Å². The molecule has 1 aromatic heterocycles. The second-order valence-electron chi connectivity index (χ2n) is 4.09. The van der Waals surface area contributed by atoms with E-state index in [9.17, 15) is 9.90 Å². The Morgan fingerprint density at radius 1 is 1.60 bits per heavy atom. The highest BCUT2D eigenvalue weighted by Crippen LogP contribution is 2.33. The van der Waals surface area contributed by atoms with E-state index >= 15 is 0 Å². The molecule has 0 aliphatic heterocycles. The van der Waals surface area contributed by atoms with Crippen LogP contribution in [0.2, 0.25) is 0 Å². The molecule has 5 nitrogen and oxygen atoms in total. The van der Waals surface area contributed by atoms with Crippen molar-refractivity contribution < 1.29 is 5.11 Å². The molecule has 0 atom stereocenters. The fraction of sp³-hybridized carbons (Fsp3) is 0.778. The van der Waals surface area contributed by atoms with Gasteiger partial charge in [0.15, 0.2) is 5.16 Å². The van der Waals surface area contributed by atoms with Crippen LogP contribution < -0.4 is 5.69 Å². The quantitative estimate of drug-likeness (QED) is 0.741. The zero-order chi connectivity index (χ0) is 10.9. The predicted octanol–water partition coefficient (Wildman–Crippen LogP) is 0.506. The summed E-state index contributed by atoms with van der Waals surface area (Å²) in [5.74, 6) is 0.616. The molecule has 0 unspecified atom stereocenters. The lowest BCUT2D eigenvalue weighted by atomic mass is 10.1. The molecule has 0 saturated heterocycles. The van der Waals surface area contributed by atoms with Gasteiger partial charge in [-0.25, -0.2) is 9.89 Å². The standard InChI is InChI=1S/C9H15N3O2S/c1-12-7(13)10-11-8(12)15-6-9(14)4-2-3-5-9/h14H,2-6H2,1H3,(H,10,13). The number of hydrogen-bond acceptors (Lipinski definition) is 4. The largest absolute Gasteiger partial charge is 0.389 e. The lowest BCUT2D eigenvalue weighted by Crippen LogP contribution is -2.27. The Morgan fingerprint density at radius 3 is 2.80 bits per heavy atom. The van der Waals surface area contributed by atoms with Gasteiger partial charge in [0.05, 0.1) is 5.60 Å². The second kappa shape index (κ2) is 4.02. The van der Waals surface area contributed by atoms with Gasteiger partial charge in [0, 0.05) is 12.8 Å². The summed E-state index contributed by atoms with van der Waals surface area (Å²) >= 11 is 1.43. The highest BCUT2D eigenvalue weighted by Gasteiger charge is 2.31. The number of nitrogens with zero attached hydrogens (tertiary/aromatic N) is 2. The first-order valence-electron chi connectivity index (χ1n) is 5.07. The summed E-state index contributed by atoms with van der Waals surface area (Å²) in [6.45, 7) is 0. The molecule has 2 N–H and O–H groups in total. The maximum Gasteiger partial charge on any atom is 0.343 e. The smallest absolute Gasteiger partial charge is 0.343 e. The molecule has 1 fully saturated rings. The van der Waals surface area contributed by atoms with Gasteiger partial charge in [0.2, 0.25) is 0 Å². The fourth-order valence-corrected chi connectivity index (χ4v) is 2.91. The first kappa shape index (κ1) is 10.8. The maximum absolute atomic E-state index is 11.1. The molecule has 0 aromatic carbocycles. The van der Waals surface area contributed by atoms with Crippen LogP contribution >= 0.6 is 11.8 Å². The number of aliphatic hydroxyl groups is 1. The summed E-state index contributed by atoms with van der Waals surface area (Å²) in [7, 11) is 1.67. The third-order valence-corrected chi connectivity index (χ3v) is 4.15. The number of aromatic amines is 1. The minimum Gasteiger partial charge on any atom is -0.389 e. The average Bonchev–Trinajstić information content (AvgIpc) is 2.75. The van der Waals surface area contributed by atoms with E-state index in [1.54, 1.807) is 7.05 Å². The van der Waals surface area contributed by atoms with Crippen LogP contribution in [0, 0.1) is 0 Å². The topological polar surface area (TPSA) is 70.9 Å². The zero-order valence-corrected chi connectivity index (χ0v) is 9.51. The van der Waals surface area contributed by atoms with Crippen LogP contribution in [-0.2, 0) is 7.05 Å². The van der Waals surface area contributed by atoms with E-state index in [1.807, 2.05) is 0 Å². The second-order valence-corrected chi connectivity index (χ2v) is 5.03. The summed E-state index contributed by atoms with van der Waals surface area (Å²) in [6, 6.07) is 0. The fourth-order valence-electron chi connectivity index (χ4n) is 1.84. The third-order valence-electron chi connectivity index (χ3n) is 2.84. The van der Waals surface area contributed by atoms with Gasteiger partial charge in [-0.15, -0.1) is 5.10 Å². The van der Waals surface area contributed by atoms with Crippen molar-refractivity contribution in [3.05, 3.63) is 10.5 Å². The first-order valence-corrected chi connectivity index (χ1v) is 6.06. The zero-order valence-electron chi connectivity index (χ0n) is 8.69. The van der Waals surface area contributed by atoms with E-state index in [1.165, 1.54) is 16.3 Å². The normalized spacial score (nSPS) is 19.6. The third kappa shape index (κ3) is 2.26. The summed E-state index contributed by atoms with van der Waals surface area (Å²) in [4.78, 5) is 11.1. The monoisotopic (exact) mass is 229 g/mol. The van der Waals surface area contributed by atoms with Crippen molar-refractivity contribution in [1.82, 2.24) is 14.8 Å². The summed E-state index contributed by atoms with van der Waals surface area (Å²) in [5, 5.41) is 17.0. The molecule has 2 rings (SSSR count). The highest BCUT2D eigenvalue weighted by atomic mass is 32.2. The Bertz CT molecular complexity index is 392. The minimum absolute atomic E-state index is 0.212. The van der Waals surface area contributed by atoms with E-state index in [4.69, 9.17) is 0 Å². The highest BCUT2D eigenvalue weighted by molar-refractivity contribution is 7.99. The van der Waals surface area contributed by atoms with Gasteiger partial charge in [0.25, 0.3) is 0 Å². The van der Waals surface area contributed by atoms with Crippen LogP contribution in [0.5, 0.6) is 0 Å². The Labute approximate surface area is 91.9 Å². The van der Waals surface area contributed by atoms with Crippen LogP contribution in [0.25, 0.3) is 0 Å². The molecule has 0 bridgehead atoms. The minimum atomic E-state index is -0.556. The summed E-state index contributed by atoms with van der Waals surface area (Å²) in [6.07, 6.45) is 3.91. The van der Waals surface area contributed by atoms with E-state index in [-0.39, 0.29) is 5.69 Å². The molecular weight excluding hydrogens is 214 g/mol. The Balaban J connectivity index is 1.98. The lowest BCUT2D eigenvalue weighted by Gasteiger charge is -2.20. The van der Waals surface area contributed by atoms with Crippen LogP contribution in [0.15, 0.2) is 9.95 Å². The van der Waals surface area contributed by atoms with E-state index in [2.05, 4.69) is 10.2 Å². The molecule has 1 aliphatic carbocycles. The van der Waals surface area contributed by atoms with Crippen LogP contribution in [0.3, 0.4) is 0 Å². The number of nitrogens with one attached hydrogen (secondary N) is 1. The van der Waals surface area contributed by atoms with E-state index in [0.717, 1.165) is 25.7 Å². The van der Waals surface area contributed by atoms with Crippen molar-refractivity contribution in [1.29, 1.82) is 0 Å². The molecule has 1 saturated carbocycles. The molecule has 6 heteroatoms. The molecule has 15 heavy (non-hydrogen) atoms. The Kier molecular flexibility index (Phi) is 2.88. The molecule has 1 aliphatic rings. The first-order chi connectivity index (χ1) is 7.11. The van der Waals surface area contributed by atoms with Gasteiger partial charge in [-0.1, -0.05) is 24.6 Å². The van der Waals surface area contributed by atoms with E-state index < -0.39 is 5.60 Å². The average molecular weight is 229 g/mol. The van der Waals surface area contributed by atoms with Crippen molar-refractivity contribution in [3.8, 4) is 0 Å². The van der Waals surface area contributed by atoms with Gasteiger partial charge >= 0.3 is 5.69 Å². The van der Waals surface area contributed by atoms with Gasteiger partial charge in [-0.2, -0.15) is 0 Å². The lowest BCUT2D eigenvalue weighted by molar-refractivity contribution is 0.0732. The van der Waals surface area contributed by atoms with Crippen LogP contribution in [-0.4, -0.2) is 31.2 Å². The van der Waals surface area contributed by atoms with Crippen LogP contribution in [0.1, 0.15) is 25.7 Å². The molecule has 0 amide bonds. The molecule has 1 aromatic rings. The molecule has 0 radical (unpaired) electrons. The van der Waals surface area contributed by atoms with Crippen molar-refractivity contribution in [3.63, 3.8) is 0 Å². The van der Waals surface area contributed by atoms with E-state index in [0.29, 0.717) is 10.9 Å². The Morgan fingerprint density at radius 2 is 2.27 bits per heavy atom. The molecule has 0 spiro atoms. The number of thioether (sulfide) groups is 1. The predicted molar refractivity (Wildman–Crippen MR) is 58.0 cm³/mol. The molecular formula is C9H15N3O2S. The molecule has 1 heterocycles. The van der Waals surface area contributed by atoms with Gasteiger partial charge < -0.3 is 5.11 Å². The van der Waals surface area contributed by atoms with Gasteiger partial charge in [0.1, 0.15) is 0 Å². The Hall–Kier alpha value is -0.750. The molecule has 84 valence electrons. The number of aromatic nitrogens is 3. The van der Waals surface area contributed by atoms with Crippen molar-refractivity contribution in [2.45, 2.75) is 36.4 Å². The van der Waals surface area contributed by atoms with Gasteiger partial charge in [-0.3, -0.25) is 4.57 Å². The summed E-state index contributed by atoms with van der Waals surface area (Å²) in [5.41, 5.74) is -0.768. The van der Waals surface area contributed by atoms with Crippen molar-refractivity contribution >= 4 is 11.8 Å². The number of hydrogen-bond donors (Lipinski definition) is 2. The summed E-state index contributed by atoms with van der Waals surface area (Å²) < 4.78 is 1.46. The van der Waals surface area contributed by atoms with Gasteiger partial charge in [-0.05, 0) is 12.8 Å². The SMILES string of the molecule is Cn1c(SCC2(O)CCCC2)n[nH]c1=O. The van der Waals surface area contributed by atoms with Crippen LogP contribution in [0.4, 0.5) is 0 Å². The number of rotatable bonds is 3. The van der Waals surface area contributed by atoms with Crippen molar-refractivity contribution in [2.24, 2.45) is 7.05 Å².